The third-order valence-corrected chi connectivity index (χ3v) is 8.75. The van der Waals surface area contributed by atoms with Crippen LogP contribution in [-0.2, 0) is 30.2 Å². The highest BCUT2D eigenvalue weighted by atomic mass is 16.6. The molecule has 0 radical (unpaired) electrons. The molecule has 4 aromatic rings. The number of aromatic nitrogens is 6. The van der Waals surface area contributed by atoms with Gasteiger partial charge >= 0.3 is 12.2 Å². The number of ether oxygens (including phenoxy) is 7. The number of hydrogen-bond donors (Lipinski definition) is 2. The molecule has 2 fully saturated rings. The van der Waals surface area contributed by atoms with Crippen LogP contribution in [0.3, 0.4) is 0 Å². The fraction of sp³-hybridized carbons (Fsp3) is 0.474. The fourth-order valence-corrected chi connectivity index (χ4v) is 5.68. The molecule has 0 spiro atoms. The molecule has 57 heavy (non-hydrogen) atoms. The number of nitrogens with zero attached hydrogens (tertiary/aromatic N) is 8. The van der Waals surface area contributed by atoms with Crippen molar-refractivity contribution in [1.82, 2.24) is 29.9 Å². The lowest BCUT2D eigenvalue weighted by Crippen LogP contribution is -2.37. The Bertz CT molecular complexity index is 1870. The molecule has 6 heterocycles. The second-order valence-corrected chi connectivity index (χ2v) is 13.2. The van der Waals surface area contributed by atoms with E-state index in [9.17, 15) is 9.59 Å². The zero-order valence-electron chi connectivity index (χ0n) is 32.2. The lowest BCUT2D eigenvalue weighted by Gasteiger charge is -2.23. The number of carbonyl (C=O) groups is 2. The maximum Gasteiger partial charge on any atom is 0.415 e. The normalized spacial score (nSPS) is 15.8. The first-order valence-corrected chi connectivity index (χ1v) is 18.8. The maximum atomic E-state index is 12.3. The molecule has 0 saturated carbocycles. The van der Waals surface area contributed by atoms with E-state index in [1.807, 2.05) is 45.0 Å². The lowest BCUT2D eigenvalue weighted by molar-refractivity contribution is 0.00496. The Morgan fingerprint density at radius 3 is 1.96 bits per heavy atom. The second kappa shape index (κ2) is 20.8. The summed E-state index contributed by atoms with van der Waals surface area (Å²) in [5.41, 5.74) is 1.55. The summed E-state index contributed by atoms with van der Waals surface area (Å²) in [6, 6.07) is 10.5. The largest absolute Gasteiger partial charge is 0.490 e. The van der Waals surface area contributed by atoms with Crippen molar-refractivity contribution < 1.29 is 42.7 Å². The van der Waals surface area contributed by atoms with Gasteiger partial charge < -0.3 is 43.8 Å². The average molecular weight is 789 g/mol. The number of carbonyl (C=O) groups excluding carboxylic acids is 2. The quantitative estimate of drug-likeness (QED) is 0.101. The van der Waals surface area contributed by atoms with E-state index in [1.54, 1.807) is 41.8 Å². The van der Waals surface area contributed by atoms with E-state index in [0.717, 1.165) is 11.4 Å². The Hall–Kier alpha value is -5.92. The summed E-state index contributed by atoms with van der Waals surface area (Å²) in [4.78, 5) is 53.5. The van der Waals surface area contributed by atoms with Crippen LogP contribution in [0.1, 0.15) is 38.2 Å². The molecule has 2 amide bonds. The van der Waals surface area contributed by atoms with Crippen LogP contribution < -0.4 is 29.9 Å². The molecular formula is C38H48N10O9. The molecular weight excluding hydrogens is 740 g/mol. The molecule has 2 N–H and O–H groups in total. The smallest absolute Gasteiger partial charge is 0.415 e. The van der Waals surface area contributed by atoms with Gasteiger partial charge in [-0.2, -0.15) is 9.97 Å². The number of nitrogens with one attached hydrogen (secondary N) is 2. The third kappa shape index (κ3) is 12.0. The Labute approximate surface area is 330 Å². The Morgan fingerprint density at radius 2 is 1.35 bits per heavy atom. The molecule has 304 valence electrons. The van der Waals surface area contributed by atoms with Gasteiger partial charge in [0.25, 0.3) is 0 Å². The molecule has 0 aliphatic carbocycles. The van der Waals surface area contributed by atoms with Crippen LogP contribution in [0.5, 0.6) is 11.5 Å². The van der Waals surface area contributed by atoms with Gasteiger partial charge in [-0.1, -0.05) is 13.8 Å². The molecule has 0 bridgehead atoms. The number of anilines is 4. The van der Waals surface area contributed by atoms with E-state index >= 15 is 0 Å². The molecule has 2 aliphatic heterocycles. The third-order valence-electron chi connectivity index (χ3n) is 8.75. The zero-order chi connectivity index (χ0) is 39.8. The van der Waals surface area contributed by atoms with Crippen molar-refractivity contribution in [2.24, 2.45) is 5.92 Å². The van der Waals surface area contributed by atoms with Gasteiger partial charge in [0, 0.05) is 12.4 Å². The lowest BCUT2D eigenvalue weighted by atomic mass is 10.0. The predicted octanol–water partition coefficient (Wildman–Crippen LogP) is 4.29. The topological polar surface area (TPSA) is 207 Å². The van der Waals surface area contributed by atoms with E-state index < -0.39 is 12.2 Å². The molecule has 19 nitrogen and oxygen atoms in total. The minimum atomic E-state index is -0.415. The fourth-order valence-electron chi connectivity index (χ4n) is 5.68. The van der Waals surface area contributed by atoms with Crippen LogP contribution in [0, 0.1) is 5.92 Å². The second-order valence-electron chi connectivity index (χ2n) is 13.2. The number of amides is 2. The monoisotopic (exact) mass is 788 g/mol. The minimum absolute atomic E-state index is 0.0817. The highest BCUT2D eigenvalue weighted by molar-refractivity contribution is 5.89. The van der Waals surface area contributed by atoms with E-state index in [1.165, 1.54) is 4.90 Å². The van der Waals surface area contributed by atoms with Crippen LogP contribution in [0.2, 0.25) is 0 Å². The van der Waals surface area contributed by atoms with Gasteiger partial charge in [-0.3, -0.25) is 19.8 Å². The van der Waals surface area contributed by atoms with Gasteiger partial charge in [0.05, 0.1) is 88.6 Å². The summed E-state index contributed by atoms with van der Waals surface area (Å²) in [5.74, 6) is 3.22. The number of hydrogen-bond acceptors (Lipinski definition) is 17. The van der Waals surface area contributed by atoms with Crippen molar-refractivity contribution in [2.75, 3.05) is 93.0 Å². The summed E-state index contributed by atoms with van der Waals surface area (Å²) in [6.07, 6.45) is 5.69. The summed E-state index contributed by atoms with van der Waals surface area (Å²) < 4.78 is 38.5. The molecule has 0 aromatic carbocycles. The Morgan fingerprint density at radius 1 is 0.719 bits per heavy atom. The Balaban J connectivity index is 0.761. The van der Waals surface area contributed by atoms with Crippen LogP contribution in [-0.4, -0.2) is 121 Å². The van der Waals surface area contributed by atoms with Gasteiger partial charge in [0.15, 0.2) is 0 Å². The highest BCUT2D eigenvalue weighted by Crippen LogP contribution is 2.27. The molecule has 4 aromatic heterocycles. The average Bonchev–Trinajstić information content (AvgIpc) is 3.84. The molecule has 2 atom stereocenters. The van der Waals surface area contributed by atoms with Gasteiger partial charge in [-0.05, 0) is 49.2 Å². The zero-order valence-corrected chi connectivity index (χ0v) is 32.2. The number of cyclic esters (lactones) is 2. The van der Waals surface area contributed by atoms with Crippen LogP contribution in [0.4, 0.5) is 33.1 Å². The minimum Gasteiger partial charge on any atom is -0.490 e. The van der Waals surface area contributed by atoms with Crippen molar-refractivity contribution in [2.45, 2.75) is 39.4 Å². The first kappa shape index (κ1) is 40.7. The van der Waals surface area contributed by atoms with E-state index in [4.69, 9.17) is 33.2 Å². The first-order valence-electron chi connectivity index (χ1n) is 18.8. The molecule has 2 unspecified atom stereocenters. The summed E-state index contributed by atoms with van der Waals surface area (Å²) in [7, 11) is 0. The highest BCUT2D eigenvalue weighted by Gasteiger charge is 2.37. The molecule has 2 aliphatic rings. The predicted molar refractivity (Wildman–Crippen MR) is 206 cm³/mol. The molecule has 2 saturated heterocycles. The van der Waals surface area contributed by atoms with Gasteiger partial charge in [-0.15, -0.1) is 0 Å². The van der Waals surface area contributed by atoms with E-state index in [-0.39, 0.29) is 18.0 Å². The standard InChI is InChI=1S/C38H48N10O9/c1-26(2)32-25-57-38(50)48(32)34-9-11-40-36(46-34)44-27(3)31-7-6-30(24-42-31)55-21-19-53-17-15-51-14-16-52-18-20-54-29-5-4-28(41-23-29)22-43-35-39-10-8-33(45-35)47-12-13-56-37(47)49/h4-11,23-24,26-27,32H,12-22,25H2,1-3H3,(H,39,43,45)(H,40,44,46). The van der Waals surface area contributed by atoms with Crippen molar-refractivity contribution in [1.29, 1.82) is 0 Å². The first-order chi connectivity index (χ1) is 27.8. The molecule has 19 heteroatoms. The maximum absolute atomic E-state index is 12.3. The van der Waals surface area contributed by atoms with Gasteiger partial charge in [-0.25, -0.2) is 19.6 Å². The van der Waals surface area contributed by atoms with Gasteiger partial charge in [0.2, 0.25) is 11.9 Å². The van der Waals surface area contributed by atoms with Crippen molar-refractivity contribution in [3.8, 4) is 11.5 Å². The van der Waals surface area contributed by atoms with Crippen LogP contribution in [0.25, 0.3) is 0 Å². The van der Waals surface area contributed by atoms with E-state index in [2.05, 4.69) is 40.5 Å². The summed E-state index contributed by atoms with van der Waals surface area (Å²) >= 11 is 0. The summed E-state index contributed by atoms with van der Waals surface area (Å²) in [6.45, 7) is 10.9. The molecule has 6 rings (SSSR count). The number of pyridine rings is 2. The summed E-state index contributed by atoms with van der Waals surface area (Å²) in [5, 5.41) is 6.36. The number of rotatable bonds is 23. The van der Waals surface area contributed by atoms with Crippen molar-refractivity contribution in [3.63, 3.8) is 0 Å². The van der Waals surface area contributed by atoms with Crippen LogP contribution in [0.15, 0.2) is 61.2 Å². The Kier molecular flexibility index (Phi) is 14.9. The van der Waals surface area contributed by atoms with Crippen molar-refractivity contribution >= 4 is 35.7 Å². The SMILES string of the molecule is CC(Nc1nccc(N2C(=O)OCC2C(C)C)n1)c1ccc(OCCOCCOCCOCCOc2ccc(CNc3nccc(N4CCOC4=O)n3)nc2)cn1. The van der Waals surface area contributed by atoms with E-state index in [0.29, 0.717) is 114 Å². The van der Waals surface area contributed by atoms with Gasteiger partial charge in [0.1, 0.15) is 49.6 Å². The van der Waals surface area contributed by atoms with Crippen molar-refractivity contribution in [3.05, 3.63) is 72.6 Å². The van der Waals surface area contributed by atoms with Crippen LogP contribution >= 0.6 is 0 Å².